The highest BCUT2D eigenvalue weighted by Gasteiger charge is 2.18. The van der Waals surface area contributed by atoms with Gasteiger partial charge in [0.05, 0.1) is 21.3 Å². The van der Waals surface area contributed by atoms with Crippen molar-refractivity contribution in [2.24, 2.45) is 0 Å². The highest BCUT2D eigenvalue weighted by molar-refractivity contribution is 5.98. The lowest BCUT2D eigenvalue weighted by Gasteiger charge is -2.11. The number of benzene rings is 2. The third kappa shape index (κ3) is 3.16. The molecule has 0 aliphatic heterocycles. The van der Waals surface area contributed by atoms with Gasteiger partial charge in [-0.05, 0) is 24.3 Å². The first-order valence-corrected chi connectivity index (χ1v) is 8.47. The summed E-state index contributed by atoms with van der Waals surface area (Å²) in [5, 5.41) is 8.14. The Morgan fingerprint density at radius 2 is 1.75 bits per heavy atom. The van der Waals surface area contributed by atoms with Gasteiger partial charge >= 0.3 is 0 Å². The van der Waals surface area contributed by atoms with E-state index in [1.165, 1.54) is 6.33 Å². The summed E-state index contributed by atoms with van der Waals surface area (Å²) >= 11 is 0. The molecule has 2 heterocycles. The molecular formula is C20H18N4O4. The van der Waals surface area contributed by atoms with Gasteiger partial charge in [0.15, 0.2) is 11.5 Å². The molecule has 0 amide bonds. The van der Waals surface area contributed by atoms with E-state index >= 15 is 0 Å². The van der Waals surface area contributed by atoms with Gasteiger partial charge in [-0.2, -0.15) is 4.98 Å². The van der Waals surface area contributed by atoms with E-state index in [0.29, 0.717) is 34.1 Å². The number of aromatic nitrogens is 3. The van der Waals surface area contributed by atoms with Crippen LogP contribution in [-0.4, -0.2) is 36.5 Å². The first kappa shape index (κ1) is 17.6. The topological polar surface area (TPSA) is 91.5 Å². The number of nitrogens with one attached hydrogen (secondary N) is 1. The van der Waals surface area contributed by atoms with Crippen LogP contribution in [0.15, 0.2) is 53.3 Å². The molecule has 28 heavy (non-hydrogen) atoms. The molecule has 142 valence electrons. The summed E-state index contributed by atoms with van der Waals surface area (Å²) < 4.78 is 21.4. The fourth-order valence-corrected chi connectivity index (χ4v) is 2.90. The molecule has 0 aliphatic carbocycles. The van der Waals surface area contributed by atoms with Crippen molar-refractivity contribution in [1.82, 2.24) is 15.1 Å². The van der Waals surface area contributed by atoms with E-state index in [1.54, 1.807) is 21.3 Å². The lowest BCUT2D eigenvalue weighted by Crippen LogP contribution is -1.97. The Labute approximate surface area is 161 Å². The summed E-state index contributed by atoms with van der Waals surface area (Å²) in [4.78, 5) is 8.55. The minimum Gasteiger partial charge on any atom is -0.497 e. The SMILES string of the molecule is COc1cccc(-c2noc3ncnc(Nc4ccc(OC)c(OC)c4)c23)c1. The predicted molar refractivity (Wildman–Crippen MR) is 104 cm³/mol. The van der Waals surface area contributed by atoms with Crippen molar-refractivity contribution in [2.75, 3.05) is 26.6 Å². The van der Waals surface area contributed by atoms with Gasteiger partial charge in [0.25, 0.3) is 5.71 Å². The maximum absolute atomic E-state index is 5.41. The molecule has 4 rings (SSSR count). The molecule has 4 aromatic rings. The molecule has 2 aromatic carbocycles. The average Bonchev–Trinajstić information content (AvgIpc) is 3.19. The Morgan fingerprint density at radius 1 is 0.893 bits per heavy atom. The van der Waals surface area contributed by atoms with E-state index < -0.39 is 0 Å². The first-order chi connectivity index (χ1) is 13.7. The summed E-state index contributed by atoms with van der Waals surface area (Å²) in [5.74, 6) is 2.54. The van der Waals surface area contributed by atoms with E-state index in [0.717, 1.165) is 17.0 Å². The highest BCUT2D eigenvalue weighted by atomic mass is 16.5. The number of rotatable bonds is 6. The first-order valence-electron chi connectivity index (χ1n) is 8.47. The van der Waals surface area contributed by atoms with Crippen LogP contribution in [0.25, 0.3) is 22.4 Å². The third-order valence-electron chi connectivity index (χ3n) is 4.26. The monoisotopic (exact) mass is 378 g/mol. The molecule has 0 saturated heterocycles. The molecule has 0 unspecified atom stereocenters. The quantitative estimate of drug-likeness (QED) is 0.537. The maximum Gasteiger partial charge on any atom is 0.263 e. The predicted octanol–water partition coefficient (Wildman–Crippen LogP) is 4.05. The van der Waals surface area contributed by atoms with Crippen LogP contribution in [0.4, 0.5) is 11.5 Å². The standard InChI is InChI=1S/C20H18N4O4/c1-25-14-6-4-5-12(9-14)18-17-19(21-11-22-20(17)28-24-18)23-13-7-8-15(26-2)16(10-13)27-3/h4-11H,1-3H3,(H,21,22,23). The largest absolute Gasteiger partial charge is 0.497 e. The average molecular weight is 378 g/mol. The molecule has 8 nitrogen and oxygen atoms in total. The van der Waals surface area contributed by atoms with Crippen molar-refractivity contribution in [3.05, 3.63) is 48.8 Å². The molecule has 0 aliphatic rings. The van der Waals surface area contributed by atoms with Gasteiger partial charge < -0.3 is 24.1 Å². The Kier molecular flexibility index (Phi) is 4.67. The molecule has 1 N–H and O–H groups in total. The summed E-state index contributed by atoms with van der Waals surface area (Å²) in [6.45, 7) is 0. The van der Waals surface area contributed by atoms with Crippen LogP contribution in [0.5, 0.6) is 17.2 Å². The van der Waals surface area contributed by atoms with E-state index in [2.05, 4.69) is 20.4 Å². The smallest absolute Gasteiger partial charge is 0.263 e. The van der Waals surface area contributed by atoms with Crippen molar-refractivity contribution in [2.45, 2.75) is 0 Å². The van der Waals surface area contributed by atoms with Gasteiger partial charge in [0.2, 0.25) is 0 Å². The van der Waals surface area contributed by atoms with Crippen molar-refractivity contribution >= 4 is 22.6 Å². The molecule has 0 fully saturated rings. The van der Waals surface area contributed by atoms with E-state index in [4.69, 9.17) is 18.7 Å². The van der Waals surface area contributed by atoms with Gasteiger partial charge in [-0.3, -0.25) is 0 Å². The fraction of sp³-hybridized carbons (Fsp3) is 0.150. The van der Waals surface area contributed by atoms with Gasteiger partial charge in [0, 0.05) is 17.3 Å². The zero-order valence-electron chi connectivity index (χ0n) is 15.6. The minimum atomic E-state index is 0.385. The zero-order chi connectivity index (χ0) is 19.5. The van der Waals surface area contributed by atoms with Gasteiger partial charge in [-0.15, -0.1) is 0 Å². The number of anilines is 2. The Morgan fingerprint density at radius 3 is 2.54 bits per heavy atom. The van der Waals surface area contributed by atoms with Crippen molar-refractivity contribution in [3.63, 3.8) is 0 Å². The second-order valence-corrected chi connectivity index (χ2v) is 5.86. The van der Waals surface area contributed by atoms with Gasteiger partial charge in [-0.1, -0.05) is 17.3 Å². The number of ether oxygens (including phenoxy) is 3. The highest BCUT2D eigenvalue weighted by Crippen LogP contribution is 2.35. The number of hydrogen-bond acceptors (Lipinski definition) is 8. The summed E-state index contributed by atoms with van der Waals surface area (Å²) in [5.41, 5.74) is 2.62. The van der Waals surface area contributed by atoms with Crippen molar-refractivity contribution in [1.29, 1.82) is 0 Å². The molecule has 0 atom stereocenters. The van der Waals surface area contributed by atoms with E-state index in [9.17, 15) is 0 Å². The third-order valence-corrected chi connectivity index (χ3v) is 4.26. The second kappa shape index (κ2) is 7.43. The Balaban J connectivity index is 1.79. The Bertz CT molecular complexity index is 1130. The molecule has 0 spiro atoms. The maximum atomic E-state index is 5.41. The summed E-state index contributed by atoms with van der Waals surface area (Å²) in [6.07, 6.45) is 1.42. The summed E-state index contributed by atoms with van der Waals surface area (Å²) in [7, 11) is 4.80. The lowest BCUT2D eigenvalue weighted by atomic mass is 10.1. The van der Waals surface area contributed by atoms with Gasteiger partial charge in [0.1, 0.15) is 29.0 Å². The van der Waals surface area contributed by atoms with Crippen LogP contribution in [0.1, 0.15) is 0 Å². The number of fused-ring (bicyclic) bond motifs is 1. The van der Waals surface area contributed by atoms with Crippen LogP contribution in [0.2, 0.25) is 0 Å². The fourth-order valence-electron chi connectivity index (χ4n) is 2.90. The van der Waals surface area contributed by atoms with Crippen LogP contribution in [0.3, 0.4) is 0 Å². The molecule has 0 bridgehead atoms. The van der Waals surface area contributed by atoms with E-state index in [1.807, 2.05) is 42.5 Å². The molecule has 2 aromatic heterocycles. The van der Waals surface area contributed by atoms with Crippen LogP contribution >= 0.6 is 0 Å². The van der Waals surface area contributed by atoms with Crippen LogP contribution in [0, 0.1) is 0 Å². The number of nitrogens with zero attached hydrogens (tertiary/aromatic N) is 3. The molecular weight excluding hydrogens is 360 g/mol. The van der Waals surface area contributed by atoms with Crippen LogP contribution < -0.4 is 19.5 Å². The zero-order valence-corrected chi connectivity index (χ0v) is 15.6. The van der Waals surface area contributed by atoms with E-state index in [-0.39, 0.29) is 0 Å². The van der Waals surface area contributed by atoms with Crippen molar-refractivity contribution < 1.29 is 18.7 Å². The molecule has 8 heteroatoms. The molecule has 0 radical (unpaired) electrons. The number of hydrogen-bond donors (Lipinski definition) is 1. The van der Waals surface area contributed by atoms with Crippen LogP contribution in [-0.2, 0) is 0 Å². The number of methoxy groups -OCH3 is 3. The molecule has 0 saturated carbocycles. The normalized spacial score (nSPS) is 10.7. The lowest BCUT2D eigenvalue weighted by molar-refractivity contribution is 0.355. The van der Waals surface area contributed by atoms with Crippen molar-refractivity contribution in [3.8, 4) is 28.5 Å². The summed E-state index contributed by atoms with van der Waals surface area (Å²) in [6, 6.07) is 13.1. The Hall–Kier alpha value is -3.81. The minimum absolute atomic E-state index is 0.385. The second-order valence-electron chi connectivity index (χ2n) is 5.86. The van der Waals surface area contributed by atoms with Gasteiger partial charge in [-0.25, -0.2) is 4.98 Å².